The molecule has 0 spiro atoms. The fourth-order valence-corrected chi connectivity index (χ4v) is 3.84. The number of fused-ring (bicyclic) bond motifs is 3. The van der Waals surface area contributed by atoms with Gasteiger partial charge in [0.05, 0.1) is 44.5 Å². The van der Waals surface area contributed by atoms with Crippen molar-refractivity contribution in [1.29, 1.82) is 0 Å². The van der Waals surface area contributed by atoms with Gasteiger partial charge >= 0.3 is 0 Å². The van der Waals surface area contributed by atoms with Gasteiger partial charge in [0.1, 0.15) is 0 Å². The van der Waals surface area contributed by atoms with Gasteiger partial charge in [0.15, 0.2) is 5.52 Å². The second kappa shape index (κ2) is 7.84. The predicted molar refractivity (Wildman–Crippen MR) is 122 cm³/mol. The maximum Gasteiger partial charge on any atom is 0.298 e. The summed E-state index contributed by atoms with van der Waals surface area (Å²) in [6.07, 6.45) is 2.86. The molecule has 0 fully saturated rings. The smallest absolute Gasteiger partial charge is 0.258 e. The molecular formula is C22H11ClN6O4. The minimum atomic E-state index is -0.540. The average Bonchev–Trinajstić information content (AvgIpc) is 3.21. The summed E-state index contributed by atoms with van der Waals surface area (Å²) >= 11 is 6.46. The Morgan fingerprint density at radius 1 is 0.848 bits per heavy atom. The Morgan fingerprint density at radius 2 is 1.67 bits per heavy atom. The molecule has 0 unspecified atom stereocenters. The van der Waals surface area contributed by atoms with Crippen LogP contribution in [0.15, 0.2) is 67.0 Å². The van der Waals surface area contributed by atoms with Crippen LogP contribution >= 0.6 is 11.6 Å². The number of nitrogens with zero attached hydrogens (tertiary/aromatic N) is 6. The van der Waals surface area contributed by atoms with Crippen molar-refractivity contribution in [3.63, 3.8) is 0 Å². The molecule has 0 N–H and O–H groups in total. The van der Waals surface area contributed by atoms with Gasteiger partial charge in [-0.1, -0.05) is 41.9 Å². The van der Waals surface area contributed by atoms with E-state index in [2.05, 4.69) is 15.2 Å². The lowest BCUT2D eigenvalue weighted by atomic mass is 10.0. The van der Waals surface area contributed by atoms with Crippen molar-refractivity contribution >= 4 is 44.8 Å². The lowest BCUT2D eigenvalue weighted by molar-refractivity contribution is -0.384. The first kappa shape index (κ1) is 20.3. The SMILES string of the molecule is O=[N+]([O-])c1cccc(-c2cnc3c(cc([N+](=O)[O-])c4nncc43)c(-c3ccccc3Cl)n2)c1. The number of benzene rings is 3. The summed E-state index contributed by atoms with van der Waals surface area (Å²) < 4.78 is 0. The first-order valence-corrected chi connectivity index (χ1v) is 9.91. The standard InChI is InChI=1S/C22H11ClN6O4/c23-17-7-2-1-6-14(17)21-15-9-19(29(32)33)22-16(10-25-27-22)20(15)24-11-18(26-21)12-4-3-5-13(8-12)28(30)31/h1-11H. The van der Waals surface area contributed by atoms with Gasteiger partial charge in [-0.25, -0.2) is 4.98 Å². The Balaban J connectivity index is 1.94. The van der Waals surface area contributed by atoms with Gasteiger partial charge in [-0.2, -0.15) is 5.10 Å². The first-order chi connectivity index (χ1) is 15.9. The maximum absolute atomic E-state index is 11.7. The number of hydrogen-bond acceptors (Lipinski definition) is 8. The molecule has 3 aromatic carbocycles. The summed E-state index contributed by atoms with van der Waals surface area (Å²) in [6, 6.07) is 14.3. The number of non-ortho nitro benzene ring substituents is 2. The van der Waals surface area contributed by atoms with Gasteiger partial charge in [0, 0.05) is 39.7 Å². The fraction of sp³-hybridized carbons (Fsp3) is 0. The average molecular weight is 459 g/mol. The van der Waals surface area contributed by atoms with Gasteiger partial charge in [-0.3, -0.25) is 25.2 Å². The predicted octanol–water partition coefficient (Wildman–Crippen LogP) is 5.38. The number of nitro groups is 2. The Bertz CT molecular complexity index is 1610. The molecular weight excluding hydrogens is 448 g/mol. The monoisotopic (exact) mass is 458 g/mol. The van der Waals surface area contributed by atoms with Crippen LogP contribution in [0.1, 0.15) is 0 Å². The maximum atomic E-state index is 11.7. The third kappa shape index (κ3) is 3.48. The molecule has 33 heavy (non-hydrogen) atoms. The zero-order chi connectivity index (χ0) is 23.1. The van der Waals surface area contributed by atoms with E-state index < -0.39 is 9.85 Å². The molecule has 0 atom stereocenters. The van der Waals surface area contributed by atoms with E-state index in [0.717, 1.165) is 0 Å². The first-order valence-electron chi connectivity index (χ1n) is 9.53. The third-order valence-corrected chi connectivity index (χ3v) is 5.44. The third-order valence-electron chi connectivity index (χ3n) is 5.12. The molecule has 0 aliphatic carbocycles. The van der Waals surface area contributed by atoms with Crippen LogP contribution in [0.2, 0.25) is 5.02 Å². The Kier molecular flexibility index (Phi) is 4.83. The molecule has 0 saturated carbocycles. The van der Waals surface area contributed by atoms with E-state index in [-0.39, 0.29) is 16.9 Å². The second-order valence-corrected chi connectivity index (χ2v) is 7.45. The van der Waals surface area contributed by atoms with E-state index in [4.69, 9.17) is 16.6 Å². The number of halogens is 1. The second-order valence-electron chi connectivity index (χ2n) is 7.05. The molecule has 10 nitrogen and oxygen atoms in total. The minimum absolute atomic E-state index is 0.105. The molecule has 5 aromatic rings. The van der Waals surface area contributed by atoms with Crippen molar-refractivity contribution in [2.24, 2.45) is 0 Å². The zero-order valence-corrected chi connectivity index (χ0v) is 17.3. The van der Waals surface area contributed by atoms with Gasteiger partial charge in [-0.05, 0) is 6.07 Å². The van der Waals surface area contributed by atoms with Crippen molar-refractivity contribution in [2.45, 2.75) is 0 Å². The van der Waals surface area contributed by atoms with Gasteiger partial charge in [0.25, 0.3) is 11.4 Å². The molecule has 5 rings (SSSR count). The summed E-state index contributed by atoms with van der Waals surface area (Å²) in [6.45, 7) is 0. The number of aromatic nitrogens is 4. The van der Waals surface area contributed by atoms with E-state index >= 15 is 0 Å². The largest absolute Gasteiger partial charge is 0.298 e. The molecule has 0 aliphatic heterocycles. The summed E-state index contributed by atoms with van der Waals surface area (Å²) in [4.78, 5) is 31.2. The fourth-order valence-electron chi connectivity index (χ4n) is 3.61. The molecule has 11 heteroatoms. The lowest BCUT2D eigenvalue weighted by Gasteiger charge is -2.06. The highest BCUT2D eigenvalue weighted by Crippen LogP contribution is 2.38. The van der Waals surface area contributed by atoms with Crippen molar-refractivity contribution in [1.82, 2.24) is 20.2 Å². The van der Waals surface area contributed by atoms with Crippen LogP contribution in [0.5, 0.6) is 0 Å². The van der Waals surface area contributed by atoms with Crippen LogP contribution in [-0.2, 0) is 0 Å². The molecule has 0 aliphatic rings. The van der Waals surface area contributed by atoms with Gasteiger partial charge < -0.3 is 0 Å². The molecule has 0 bridgehead atoms. The molecule has 2 aromatic heterocycles. The molecule has 0 radical (unpaired) electrons. The molecule has 0 saturated heterocycles. The number of rotatable bonds is 4. The van der Waals surface area contributed by atoms with Crippen molar-refractivity contribution in [3.05, 3.63) is 92.2 Å². The Labute approximate surface area is 189 Å². The van der Waals surface area contributed by atoms with Gasteiger partial charge in [0.2, 0.25) is 0 Å². The van der Waals surface area contributed by atoms with Crippen molar-refractivity contribution < 1.29 is 9.85 Å². The Hall–Kier alpha value is -4.57. The molecule has 0 amide bonds. The zero-order valence-electron chi connectivity index (χ0n) is 16.5. The molecule has 160 valence electrons. The van der Waals surface area contributed by atoms with Crippen LogP contribution < -0.4 is 0 Å². The van der Waals surface area contributed by atoms with E-state index in [1.807, 2.05) is 0 Å². The van der Waals surface area contributed by atoms with Crippen LogP contribution in [0.3, 0.4) is 0 Å². The van der Waals surface area contributed by atoms with Crippen LogP contribution in [-0.4, -0.2) is 30.0 Å². The van der Waals surface area contributed by atoms with E-state index in [0.29, 0.717) is 43.8 Å². The summed E-state index contributed by atoms with van der Waals surface area (Å²) in [7, 11) is 0. The van der Waals surface area contributed by atoms with E-state index in [1.54, 1.807) is 36.4 Å². The summed E-state index contributed by atoms with van der Waals surface area (Å²) in [5, 5.41) is 31.9. The van der Waals surface area contributed by atoms with Gasteiger partial charge in [-0.15, -0.1) is 5.10 Å². The normalized spacial score (nSPS) is 11.1. The minimum Gasteiger partial charge on any atom is -0.258 e. The van der Waals surface area contributed by atoms with E-state index in [1.165, 1.54) is 30.6 Å². The highest BCUT2D eigenvalue weighted by molar-refractivity contribution is 6.33. The van der Waals surface area contributed by atoms with Crippen LogP contribution in [0, 0.1) is 20.2 Å². The molecule has 2 heterocycles. The van der Waals surface area contributed by atoms with Crippen molar-refractivity contribution in [2.75, 3.05) is 0 Å². The number of hydrogen-bond donors (Lipinski definition) is 0. The van der Waals surface area contributed by atoms with E-state index in [9.17, 15) is 20.2 Å². The highest BCUT2D eigenvalue weighted by Gasteiger charge is 2.22. The Morgan fingerprint density at radius 3 is 2.42 bits per heavy atom. The van der Waals surface area contributed by atoms with Crippen LogP contribution in [0.25, 0.3) is 44.3 Å². The summed E-state index contributed by atoms with van der Waals surface area (Å²) in [5.74, 6) is 0. The van der Waals surface area contributed by atoms with Crippen LogP contribution in [0.4, 0.5) is 11.4 Å². The van der Waals surface area contributed by atoms with Crippen molar-refractivity contribution in [3.8, 4) is 22.5 Å². The topological polar surface area (TPSA) is 138 Å². The number of nitro benzene ring substituents is 2. The lowest BCUT2D eigenvalue weighted by Crippen LogP contribution is -1.92. The highest BCUT2D eigenvalue weighted by atomic mass is 35.5. The summed E-state index contributed by atoms with van der Waals surface area (Å²) in [5.41, 5.74) is 1.79. The quantitative estimate of drug-likeness (QED) is 0.258.